The summed E-state index contributed by atoms with van der Waals surface area (Å²) in [6.07, 6.45) is 3.41. The fourth-order valence-corrected chi connectivity index (χ4v) is 2.57. The zero-order valence-corrected chi connectivity index (χ0v) is 10.9. The maximum absolute atomic E-state index is 12.2. The SMILES string of the molecule is COc1c(N)cccc1C(=O)NC1CCCC1C. The topological polar surface area (TPSA) is 64.3 Å². The molecule has 2 atom stereocenters. The van der Waals surface area contributed by atoms with Gasteiger partial charge in [-0.3, -0.25) is 4.79 Å². The van der Waals surface area contributed by atoms with Gasteiger partial charge in [0.05, 0.1) is 18.4 Å². The summed E-state index contributed by atoms with van der Waals surface area (Å²) in [5.74, 6) is 0.902. The third-order valence-corrected chi connectivity index (χ3v) is 3.67. The first-order chi connectivity index (χ1) is 8.63. The molecule has 0 saturated heterocycles. The molecule has 4 heteroatoms. The molecule has 98 valence electrons. The fraction of sp³-hybridized carbons (Fsp3) is 0.500. The second-order valence-corrected chi connectivity index (χ2v) is 4.92. The van der Waals surface area contributed by atoms with Crippen molar-refractivity contribution in [1.29, 1.82) is 0 Å². The molecule has 2 rings (SSSR count). The molecule has 0 radical (unpaired) electrons. The van der Waals surface area contributed by atoms with E-state index in [1.165, 1.54) is 20.0 Å². The Labute approximate surface area is 108 Å². The van der Waals surface area contributed by atoms with Crippen molar-refractivity contribution < 1.29 is 9.53 Å². The number of hydrogen-bond acceptors (Lipinski definition) is 3. The normalized spacial score (nSPS) is 22.8. The van der Waals surface area contributed by atoms with Crippen LogP contribution in [0, 0.1) is 5.92 Å². The van der Waals surface area contributed by atoms with Crippen LogP contribution in [0.4, 0.5) is 5.69 Å². The Morgan fingerprint density at radius 1 is 1.44 bits per heavy atom. The molecule has 1 saturated carbocycles. The molecule has 0 spiro atoms. The van der Waals surface area contributed by atoms with Crippen LogP contribution >= 0.6 is 0 Å². The van der Waals surface area contributed by atoms with Crippen LogP contribution in [-0.2, 0) is 0 Å². The lowest BCUT2D eigenvalue weighted by atomic mass is 10.1. The van der Waals surface area contributed by atoms with Gasteiger partial charge in [-0.1, -0.05) is 19.4 Å². The van der Waals surface area contributed by atoms with Gasteiger partial charge in [0.25, 0.3) is 5.91 Å². The quantitative estimate of drug-likeness (QED) is 0.806. The summed E-state index contributed by atoms with van der Waals surface area (Å²) >= 11 is 0. The predicted molar refractivity (Wildman–Crippen MR) is 71.7 cm³/mol. The summed E-state index contributed by atoms with van der Waals surface area (Å²) in [5.41, 5.74) is 6.80. The number of rotatable bonds is 3. The summed E-state index contributed by atoms with van der Waals surface area (Å²) in [4.78, 5) is 12.2. The van der Waals surface area contributed by atoms with E-state index in [9.17, 15) is 4.79 Å². The summed E-state index contributed by atoms with van der Waals surface area (Å²) in [7, 11) is 1.53. The van der Waals surface area contributed by atoms with Gasteiger partial charge < -0.3 is 15.8 Å². The highest BCUT2D eigenvalue weighted by molar-refractivity contribution is 5.98. The molecule has 0 aromatic heterocycles. The number of anilines is 1. The molecule has 0 aliphatic heterocycles. The zero-order valence-electron chi connectivity index (χ0n) is 10.9. The number of nitrogens with two attached hydrogens (primary N) is 1. The van der Waals surface area contributed by atoms with Crippen molar-refractivity contribution in [2.24, 2.45) is 5.92 Å². The number of methoxy groups -OCH3 is 1. The van der Waals surface area contributed by atoms with Gasteiger partial charge in [-0.05, 0) is 30.9 Å². The van der Waals surface area contributed by atoms with E-state index in [2.05, 4.69) is 12.2 Å². The van der Waals surface area contributed by atoms with Gasteiger partial charge in [0.15, 0.2) is 5.75 Å². The molecule has 4 nitrogen and oxygen atoms in total. The molecule has 2 unspecified atom stereocenters. The minimum Gasteiger partial charge on any atom is -0.494 e. The monoisotopic (exact) mass is 248 g/mol. The molecule has 1 fully saturated rings. The number of hydrogen-bond donors (Lipinski definition) is 2. The molecule has 3 N–H and O–H groups in total. The van der Waals surface area contributed by atoms with Crippen LogP contribution in [0.3, 0.4) is 0 Å². The lowest BCUT2D eigenvalue weighted by molar-refractivity contribution is 0.0926. The number of para-hydroxylation sites is 1. The van der Waals surface area contributed by atoms with Crippen LogP contribution in [0.25, 0.3) is 0 Å². The van der Waals surface area contributed by atoms with E-state index in [4.69, 9.17) is 10.5 Å². The number of carbonyl (C=O) groups is 1. The number of amides is 1. The maximum Gasteiger partial charge on any atom is 0.255 e. The molecule has 1 amide bonds. The first-order valence-corrected chi connectivity index (χ1v) is 6.37. The molecular weight excluding hydrogens is 228 g/mol. The van der Waals surface area contributed by atoms with Crippen molar-refractivity contribution in [3.05, 3.63) is 23.8 Å². The van der Waals surface area contributed by atoms with E-state index in [-0.39, 0.29) is 11.9 Å². The molecule has 1 aromatic carbocycles. The van der Waals surface area contributed by atoms with Gasteiger partial charge in [0, 0.05) is 6.04 Å². The number of ether oxygens (including phenoxy) is 1. The lowest BCUT2D eigenvalue weighted by Gasteiger charge is -2.18. The van der Waals surface area contributed by atoms with E-state index >= 15 is 0 Å². The van der Waals surface area contributed by atoms with Crippen molar-refractivity contribution >= 4 is 11.6 Å². The van der Waals surface area contributed by atoms with Crippen molar-refractivity contribution in [1.82, 2.24) is 5.32 Å². The molecular formula is C14H20N2O2. The molecule has 0 bridgehead atoms. The summed E-state index contributed by atoms with van der Waals surface area (Å²) < 4.78 is 5.20. The van der Waals surface area contributed by atoms with Crippen molar-refractivity contribution in [3.63, 3.8) is 0 Å². The Morgan fingerprint density at radius 3 is 2.83 bits per heavy atom. The summed E-state index contributed by atoms with van der Waals surface area (Å²) in [5, 5.41) is 3.07. The predicted octanol–water partition coefficient (Wildman–Crippen LogP) is 2.20. The third kappa shape index (κ3) is 2.42. The average Bonchev–Trinajstić information content (AvgIpc) is 2.74. The Morgan fingerprint density at radius 2 is 2.22 bits per heavy atom. The second-order valence-electron chi connectivity index (χ2n) is 4.92. The van der Waals surface area contributed by atoms with E-state index < -0.39 is 0 Å². The Kier molecular flexibility index (Phi) is 3.75. The average molecular weight is 248 g/mol. The molecule has 1 aliphatic rings. The molecule has 1 aliphatic carbocycles. The van der Waals surface area contributed by atoms with Gasteiger partial charge in [-0.2, -0.15) is 0 Å². The number of benzene rings is 1. The van der Waals surface area contributed by atoms with Gasteiger partial charge in [0.2, 0.25) is 0 Å². The van der Waals surface area contributed by atoms with Gasteiger partial charge in [-0.25, -0.2) is 0 Å². The van der Waals surface area contributed by atoms with E-state index in [0.717, 1.165) is 6.42 Å². The summed E-state index contributed by atoms with van der Waals surface area (Å²) in [6.45, 7) is 2.18. The number of carbonyl (C=O) groups excluding carboxylic acids is 1. The van der Waals surface area contributed by atoms with Crippen LogP contribution in [-0.4, -0.2) is 19.1 Å². The molecule has 0 heterocycles. The van der Waals surface area contributed by atoms with E-state index in [1.54, 1.807) is 18.2 Å². The smallest absolute Gasteiger partial charge is 0.255 e. The summed E-state index contributed by atoms with van der Waals surface area (Å²) in [6, 6.07) is 5.51. The highest BCUT2D eigenvalue weighted by Crippen LogP contribution is 2.28. The zero-order chi connectivity index (χ0) is 13.1. The van der Waals surface area contributed by atoms with Crippen molar-refractivity contribution in [2.45, 2.75) is 32.2 Å². The van der Waals surface area contributed by atoms with Gasteiger partial charge in [-0.15, -0.1) is 0 Å². The third-order valence-electron chi connectivity index (χ3n) is 3.67. The Balaban J connectivity index is 2.16. The highest BCUT2D eigenvalue weighted by Gasteiger charge is 2.26. The largest absolute Gasteiger partial charge is 0.494 e. The number of nitrogens with one attached hydrogen (secondary N) is 1. The van der Waals surface area contributed by atoms with Gasteiger partial charge >= 0.3 is 0 Å². The number of nitrogen functional groups attached to an aromatic ring is 1. The van der Waals surface area contributed by atoms with Crippen LogP contribution in [0.15, 0.2) is 18.2 Å². The van der Waals surface area contributed by atoms with Crippen molar-refractivity contribution in [2.75, 3.05) is 12.8 Å². The molecule has 18 heavy (non-hydrogen) atoms. The standard InChI is InChI=1S/C14H20N2O2/c1-9-5-3-8-12(9)16-14(17)10-6-4-7-11(15)13(10)18-2/h4,6-7,9,12H,3,5,8,15H2,1-2H3,(H,16,17). The van der Waals surface area contributed by atoms with E-state index in [1.807, 2.05) is 0 Å². The fourth-order valence-electron chi connectivity index (χ4n) is 2.57. The van der Waals surface area contributed by atoms with Crippen LogP contribution in [0.2, 0.25) is 0 Å². The maximum atomic E-state index is 12.2. The minimum absolute atomic E-state index is 0.0992. The van der Waals surface area contributed by atoms with E-state index in [0.29, 0.717) is 22.9 Å². The highest BCUT2D eigenvalue weighted by atomic mass is 16.5. The van der Waals surface area contributed by atoms with Crippen molar-refractivity contribution in [3.8, 4) is 5.75 Å². The minimum atomic E-state index is -0.0992. The lowest BCUT2D eigenvalue weighted by Crippen LogP contribution is -2.36. The van der Waals surface area contributed by atoms with Crippen LogP contribution in [0.1, 0.15) is 36.5 Å². The van der Waals surface area contributed by atoms with Gasteiger partial charge in [0.1, 0.15) is 0 Å². The molecule has 1 aromatic rings. The Hall–Kier alpha value is -1.71. The van der Waals surface area contributed by atoms with Crippen LogP contribution in [0.5, 0.6) is 5.75 Å². The second kappa shape index (κ2) is 5.29. The van der Waals surface area contributed by atoms with Crippen LogP contribution < -0.4 is 15.8 Å². The Bertz CT molecular complexity index is 445. The first-order valence-electron chi connectivity index (χ1n) is 6.37. The first kappa shape index (κ1) is 12.7.